The average Bonchev–Trinajstić information content (AvgIpc) is 2.48. The molecule has 2 rings (SSSR count). The number of nitrogens with one attached hydrogen (secondary N) is 1. The summed E-state index contributed by atoms with van der Waals surface area (Å²) in [4.78, 5) is 20.2. The van der Waals surface area contributed by atoms with Gasteiger partial charge in [-0.1, -0.05) is 49.7 Å². The number of carbonyl (C=O) groups is 1. The predicted molar refractivity (Wildman–Crippen MR) is 87.8 cm³/mol. The fraction of sp³-hybridized carbons (Fsp3) is 0.353. The Morgan fingerprint density at radius 2 is 1.82 bits per heavy atom. The van der Waals surface area contributed by atoms with Crippen LogP contribution in [0.5, 0.6) is 0 Å². The van der Waals surface area contributed by atoms with E-state index in [1.807, 2.05) is 19.1 Å². The average molecular weight is 318 g/mol. The molecule has 2 aromatic rings. The third-order valence-electron chi connectivity index (χ3n) is 3.47. The highest BCUT2D eigenvalue weighted by atomic mass is 35.5. The minimum atomic E-state index is -0.202. The molecule has 1 amide bonds. The van der Waals surface area contributed by atoms with Crippen molar-refractivity contribution in [2.45, 2.75) is 39.2 Å². The molecule has 0 aliphatic rings. The fourth-order valence-corrected chi connectivity index (χ4v) is 2.22. The number of aromatic nitrogens is 2. The Labute approximate surface area is 135 Å². The first-order valence-electron chi connectivity index (χ1n) is 7.31. The molecule has 1 N–H and O–H groups in total. The molecule has 1 atom stereocenters. The molecule has 1 aromatic heterocycles. The second-order valence-electron chi connectivity index (χ2n) is 5.63. The third kappa shape index (κ3) is 4.53. The van der Waals surface area contributed by atoms with Crippen molar-refractivity contribution < 1.29 is 4.79 Å². The molecular formula is C17H20ClN3O. The first-order valence-corrected chi connectivity index (χ1v) is 7.69. The summed E-state index contributed by atoms with van der Waals surface area (Å²) in [6, 6.07) is 7.94. The molecule has 5 heteroatoms. The first kappa shape index (κ1) is 16.4. The van der Waals surface area contributed by atoms with Crippen molar-refractivity contribution in [3.63, 3.8) is 0 Å². The first-order chi connectivity index (χ1) is 10.5. The highest BCUT2D eigenvalue weighted by Crippen LogP contribution is 2.15. The van der Waals surface area contributed by atoms with Crippen LogP contribution in [-0.2, 0) is 11.2 Å². The van der Waals surface area contributed by atoms with Crippen LogP contribution in [0.4, 0.5) is 0 Å². The molecule has 4 nitrogen and oxygen atoms in total. The lowest BCUT2D eigenvalue weighted by molar-refractivity contribution is -0.121. The number of hydrogen-bond donors (Lipinski definition) is 1. The van der Waals surface area contributed by atoms with E-state index in [2.05, 4.69) is 41.3 Å². The normalized spacial score (nSPS) is 12.2. The summed E-state index contributed by atoms with van der Waals surface area (Å²) in [6.45, 7) is 6.17. The van der Waals surface area contributed by atoms with Crippen LogP contribution in [0.25, 0.3) is 0 Å². The third-order valence-corrected chi connectivity index (χ3v) is 3.67. The van der Waals surface area contributed by atoms with Gasteiger partial charge >= 0.3 is 0 Å². The van der Waals surface area contributed by atoms with Gasteiger partial charge in [-0.25, -0.2) is 4.98 Å². The van der Waals surface area contributed by atoms with E-state index < -0.39 is 0 Å². The Kier molecular flexibility index (Phi) is 5.50. The maximum absolute atomic E-state index is 12.1. The van der Waals surface area contributed by atoms with Crippen molar-refractivity contribution in [3.05, 3.63) is 58.6 Å². The highest BCUT2D eigenvalue weighted by molar-refractivity contribution is 6.29. The molecule has 22 heavy (non-hydrogen) atoms. The minimum absolute atomic E-state index is 0.0402. The van der Waals surface area contributed by atoms with Gasteiger partial charge in [0.1, 0.15) is 5.15 Å². The molecule has 0 saturated carbocycles. The highest BCUT2D eigenvalue weighted by Gasteiger charge is 2.12. The summed E-state index contributed by atoms with van der Waals surface area (Å²) < 4.78 is 0. The Morgan fingerprint density at radius 1 is 1.14 bits per heavy atom. The topological polar surface area (TPSA) is 54.9 Å². The fourth-order valence-electron chi connectivity index (χ4n) is 2.12. The maximum atomic E-state index is 12.1. The largest absolute Gasteiger partial charge is 0.348 e. The molecule has 0 unspecified atom stereocenters. The molecule has 0 saturated heterocycles. The van der Waals surface area contributed by atoms with E-state index in [-0.39, 0.29) is 11.9 Å². The van der Waals surface area contributed by atoms with Crippen LogP contribution < -0.4 is 5.32 Å². The van der Waals surface area contributed by atoms with E-state index in [0.717, 1.165) is 5.56 Å². The SMILES string of the molecule is CC(C)c1ccc(CC(=O)N[C@H](C)c2cnc(Cl)cn2)cc1. The van der Waals surface area contributed by atoms with Crippen molar-refractivity contribution in [2.24, 2.45) is 0 Å². The Bertz CT molecular complexity index is 623. The number of benzene rings is 1. The van der Waals surface area contributed by atoms with Crippen LogP contribution in [0.2, 0.25) is 5.15 Å². The smallest absolute Gasteiger partial charge is 0.224 e. The number of hydrogen-bond acceptors (Lipinski definition) is 3. The van der Waals surface area contributed by atoms with Crippen LogP contribution in [0.1, 0.15) is 49.6 Å². The summed E-state index contributed by atoms with van der Waals surface area (Å²) in [7, 11) is 0. The lowest BCUT2D eigenvalue weighted by Crippen LogP contribution is -2.28. The van der Waals surface area contributed by atoms with Crippen LogP contribution >= 0.6 is 11.6 Å². The van der Waals surface area contributed by atoms with Crippen LogP contribution in [0, 0.1) is 0 Å². The van der Waals surface area contributed by atoms with Gasteiger partial charge in [-0.15, -0.1) is 0 Å². The van der Waals surface area contributed by atoms with Crippen molar-refractivity contribution >= 4 is 17.5 Å². The standard InChI is InChI=1S/C17H20ClN3O/c1-11(2)14-6-4-13(5-7-14)8-17(22)21-12(3)15-9-20-16(18)10-19-15/h4-7,9-12H,8H2,1-3H3,(H,21,22)/t12-/m1/s1. The van der Waals surface area contributed by atoms with E-state index in [0.29, 0.717) is 23.2 Å². The lowest BCUT2D eigenvalue weighted by atomic mass is 10.0. The summed E-state index contributed by atoms with van der Waals surface area (Å²) >= 11 is 5.70. The predicted octanol–water partition coefficient (Wildman–Crippen LogP) is 3.67. The summed E-state index contributed by atoms with van der Waals surface area (Å²) in [6.07, 6.45) is 3.40. The second-order valence-corrected chi connectivity index (χ2v) is 6.01. The van der Waals surface area contributed by atoms with E-state index in [9.17, 15) is 4.79 Å². The van der Waals surface area contributed by atoms with Gasteiger partial charge in [-0.3, -0.25) is 9.78 Å². The van der Waals surface area contributed by atoms with Gasteiger partial charge in [0.2, 0.25) is 5.91 Å². The molecule has 0 bridgehead atoms. The zero-order valence-corrected chi connectivity index (χ0v) is 13.8. The van der Waals surface area contributed by atoms with Gasteiger partial charge in [0, 0.05) is 0 Å². The van der Waals surface area contributed by atoms with Crippen LogP contribution in [0.3, 0.4) is 0 Å². The van der Waals surface area contributed by atoms with Crippen LogP contribution in [-0.4, -0.2) is 15.9 Å². The van der Waals surface area contributed by atoms with Gasteiger partial charge in [0.05, 0.1) is 30.6 Å². The van der Waals surface area contributed by atoms with E-state index >= 15 is 0 Å². The molecule has 0 fully saturated rings. The molecule has 116 valence electrons. The molecule has 0 aliphatic carbocycles. The van der Waals surface area contributed by atoms with E-state index in [4.69, 9.17) is 11.6 Å². The van der Waals surface area contributed by atoms with Gasteiger partial charge in [-0.05, 0) is 24.0 Å². The molecule has 0 aliphatic heterocycles. The zero-order chi connectivity index (χ0) is 16.1. The maximum Gasteiger partial charge on any atom is 0.224 e. The van der Waals surface area contributed by atoms with E-state index in [1.54, 1.807) is 6.20 Å². The second kappa shape index (κ2) is 7.36. The lowest BCUT2D eigenvalue weighted by Gasteiger charge is -2.13. The molecule has 1 heterocycles. The number of nitrogens with zero attached hydrogens (tertiary/aromatic N) is 2. The zero-order valence-electron chi connectivity index (χ0n) is 13.0. The number of amides is 1. The Hall–Kier alpha value is -1.94. The van der Waals surface area contributed by atoms with Gasteiger partial charge in [0.25, 0.3) is 0 Å². The van der Waals surface area contributed by atoms with E-state index in [1.165, 1.54) is 11.8 Å². The van der Waals surface area contributed by atoms with Gasteiger partial charge < -0.3 is 5.32 Å². The number of halogens is 1. The van der Waals surface area contributed by atoms with Crippen molar-refractivity contribution in [1.82, 2.24) is 15.3 Å². The Balaban J connectivity index is 1.93. The number of carbonyl (C=O) groups excluding carboxylic acids is 1. The molecule has 0 radical (unpaired) electrons. The molecule has 0 spiro atoms. The van der Waals surface area contributed by atoms with Crippen molar-refractivity contribution in [1.29, 1.82) is 0 Å². The summed E-state index contributed by atoms with van der Waals surface area (Å²) in [5, 5.41) is 3.26. The molecular weight excluding hydrogens is 298 g/mol. The van der Waals surface area contributed by atoms with Gasteiger partial charge in [0.15, 0.2) is 0 Å². The monoisotopic (exact) mass is 317 g/mol. The quantitative estimate of drug-likeness (QED) is 0.915. The summed E-state index contributed by atoms with van der Waals surface area (Å²) in [5.74, 6) is 0.452. The number of rotatable bonds is 5. The van der Waals surface area contributed by atoms with Crippen molar-refractivity contribution in [2.75, 3.05) is 0 Å². The minimum Gasteiger partial charge on any atom is -0.348 e. The Morgan fingerprint density at radius 3 is 2.36 bits per heavy atom. The van der Waals surface area contributed by atoms with Gasteiger partial charge in [-0.2, -0.15) is 0 Å². The molecule has 1 aromatic carbocycles. The summed E-state index contributed by atoms with van der Waals surface area (Å²) in [5.41, 5.74) is 2.96. The van der Waals surface area contributed by atoms with Crippen LogP contribution in [0.15, 0.2) is 36.7 Å². The van der Waals surface area contributed by atoms with Crippen molar-refractivity contribution in [3.8, 4) is 0 Å².